The molecule has 0 spiro atoms. The Kier molecular flexibility index (Phi) is 5.31. The third-order valence-corrected chi connectivity index (χ3v) is 2.61. The molecule has 0 fully saturated rings. The molecule has 4 nitrogen and oxygen atoms in total. The van der Waals surface area contributed by atoms with Gasteiger partial charge in [0.25, 0.3) is 5.91 Å². The van der Waals surface area contributed by atoms with Crippen molar-refractivity contribution in [3.8, 4) is 0 Å². The maximum Gasteiger partial charge on any atom is 0.251 e. The highest BCUT2D eigenvalue weighted by molar-refractivity contribution is 5.94. The van der Waals surface area contributed by atoms with Crippen LogP contribution in [0.15, 0.2) is 24.3 Å². The molecule has 0 aliphatic heterocycles. The number of methoxy groups -OCH3 is 1. The van der Waals surface area contributed by atoms with Gasteiger partial charge in [0.15, 0.2) is 0 Å². The van der Waals surface area contributed by atoms with Crippen molar-refractivity contribution in [1.82, 2.24) is 5.32 Å². The van der Waals surface area contributed by atoms with Crippen LogP contribution in [0, 0.1) is 0 Å². The maximum absolute atomic E-state index is 12.0. The Morgan fingerprint density at radius 3 is 2.44 bits per heavy atom. The molecule has 0 radical (unpaired) electrons. The highest BCUT2D eigenvalue weighted by atomic mass is 16.5. The molecule has 0 heterocycles. The predicted octanol–water partition coefficient (Wildman–Crippen LogP) is 1.34. The van der Waals surface area contributed by atoms with E-state index in [0.29, 0.717) is 18.7 Å². The molecule has 0 saturated heterocycles. The number of benzene rings is 1. The maximum atomic E-state index is 12.0. The summed E-state index contributed by atoms with van der Waals surface area (Å²) in [5.41, 5.74) is 6.90. The SMILES string of the molecule is COCC(C)(C)NC(=O)c1ccc(CCN)cc1. The first-order valence-corrected chi connectivity index (χ1v) is 6.09. The van der Waals surface area contributed by atoms with Gasteiger partial charge in [0, 0.05) is 12.7 Å². The molecular formula is C14H22N2O2. The first-order valence-electron chi connectivity index (χ1n) is 6.09. The number of nitrogens with one attached hydrogen (secondary N) is 1. The fourth-order valence-corrected chi connectivity index (χ4v) is 1.77. The Balaban J connectivity index is 2.67. The quantitative estimate of drug-likeness (QED) is 0.801. The molecule has 0 aliphatic rings. The molecule has 1 aromatic carbocycles. The van der Waals surface area contributed by atoms with Gasteiger partial charge in [0.1, 0.15) is 0 Å². The van der Waals surface area contributed by atoms with E-state index < -0.39 is 0 Å². The lowest BCUT2D eigenvalue weighted by atomic mass is 10.0. The molecule has 0 saturated carbocycles. The lowest BCUT2D eigenvalue weighted by Gasteiger charge is -2.25. The molecule has 0 unspecified atom stereocenters. The summed E-state index contributed by atoms with van der Waals surface area (Å²) < 4.78 is 5.07. The lowest BCUT2D eigenvalue weighted by molar-refractivity contribution is 0.0820. The number of carbonyl (C=O) groups is 1. The molecule has 100 valence electrons. The number of ether oxygens (including phenoxy) is 1. The normalized spacial score (nSPS) is 11.3. The van der Waals surface area contributed by atoms with E-state index in [4.69, 9.17) is 10.5 Å². The van der Waals surface area contributed by atoms with Gasteiger partial charge in [-0.25, -0.2) is 0 Å². The summed E-state index contributed by atoms with van der Waals surface area (Å²) in [5.74, 6) is -0.0867. The van der Waals surface area contributed by atoms with Crippen LogP contribution in [0.3, 0.4) is 0 Å². The zero-order valence-corrected chi connectivity index (χ0v) is 11.3. The summed E-state index contributed by atoms with van der Waals surface area (Å²) in [6.07, 6.45) is 0.830. The van der Waals surface area contributed by atoms with Crippen LogP contribution in [-0.4, -0.2) is 31.7 Å². The van der Waals surface area contributed by atoms with Crippen molar-refractivity contribution >= 4 is 5.91 Å². The van der Waals surface area contributed by atoms with Gasteiger partial charge in [-0.05, 0) is 44.5 Å². The largest absolute Gasteiger partial charge is 0.382 e. The number of nitrogens with two attached hydrogens (primary N) is 1. The van der Waals surface area contributed by atoms with Gasteiger partial charge in [-0.1, -0.05) is 12.1 Å². The topological polar surface area (TPSA) is 64.3 Å². The second-order valence-electron chi connectivity index (χ2n) is 5.01. The molecule has 18 heavy (non-hydrogen) atoms. The Hall–Kier alpha value is -1.39. The first-order chi connectivity index (χ1) is 8.48. The molecule has 0 atom stereocenters. The lowest BCUT2D eigenvalue weighted by Crippen LogP contribution is -2.46. The van der Waals surface area contributed by atoms with Crippen LogP contribution in [0.4, 0.5) is 0 Å². The average Bonchev–Trinajstić information content (AvgIpc) is 2.29. The fourth-order valence-electron chi connectivity index (χ4n) is 1.77. The highest BCUT2D eigenvalue weighted by Crippen LogP contribution is 2.08. The van der Waals surface area contributed by atoms with E-state index in [9.17, 15) is 4.79 Å². The number of hydrogen-bond donors (Lipinski definition) is 2. The zero-order valence-electron chi connectivity index (χ0n) is 11.3. The molecule has 1 amide bonds. The van der Waals surface area contributed by atoms with Crippen LogP contribution in [-0.2, 0) is 11.2 Å². The van der Waals surface area contributed by atoms with Crippen LogP contribution in [0.1, 0.15) is 29.8 Å². The number of rotatable bonds is 6. The molecule has 1 aromatic rings. The average molecular weight is 250 g/mol. The third-order valence-electron chi connectivity index (χ3n) is 2.61. The molecule has 0 aliphatic carbocycles. The van der Waals surface area contributed by atoms with Crippen molar-refractivity contribution in [3.05, 3.63) is 35.4 Å². The van der Waals surface area contributed by atoms with E-state index in [2.05, 4.69) is 5.32 Å². The first kappa shape index (κ1) is 14.7. The van der Waals surface area contributed by atoms with Crippen molar-refractivity contribution in [1.29, 1.82) is 0 Å². The molecular weight excluding hydrogens is 228 g/mol. The molecule has 0 aromatic heterocycles. The monoisotopic (exact) mass is 250 g/mol. The van der Waals surface area contributed by atoms with E-state index in [0.717, 1.165) is 12.0 Å². The Morgan fingerprint density at radius 1 is 1.33 bits per heavy atom. The van der Waals surface area contributed by atoms with Gasteiger partial charge in [0.2, 0.25) is 0 Å². The smallest absolute Gasteiger partial charge is 0.251 e. The number of carbonyl (C=O) groups excluding carboxylic acids is 1. The molecule has 1 rings (SSSR count). The van der Waals surface area contributed by atoms with Crippen LogP contribution in [0.25, 0.3) is 0 Å². The van der Waals surface area contributed by atoms with Gasteiger partial charge in [0.05, 0.1) is 12.1 Å². The summed E-state index contributed by atoms with van der Waals surface area (Å²) in [7, 11) is 1.62. The van der Waals surface area contributed by atoms with Crippen LogP contribution in [0.5, 0.6) is 0 Å². The van der Waals surface area contributed by atoms with Crippen molar-refractivity contribution in [3.63, 3.8) is 0 Å². The van der Waals surface area contributed by atoms with Gasteiger partial charge in [-0.2, -0.15) is 0 Å². The Labute approximate surface area is 109 Å². The number of amides is 1. The van der Waals surface area contributed by atoms with Crippen molar-refractivity contribution in [2.24, 2.45) is 5.73 Å². The van der Waals surface area contributed by atoms with Crippen molar-refractivity contribution < 1.29 is 9.53 Å². The van der Waals surface area contributed by atoms with Gasteiger partial charge in [-0.15, -0.1) is 0 Å². The Bertz CT molecular complexity index is 385. The minimum absolute atomic E-state index is 0.0867. The second-order valence-corrected chi connectivity index (χ2v) is 5.01. The summed E-state index contributed by atoms with van der Waals surface area (Å²) in [6.45, 7) is 4.95. The molecule has 0 bridgehead atoms. The van der Waals surface area contributed by atoms with E-state index in [-0.39, 0.29) is 11.4 Å². The summed E-state index contributed by atoms with van der Waals surface area (Å²) in [6, 6.07) is 7.52. The summed E-state index contributed by atoms with van der Waals surface area (Å²) >= 11 is 0. The van der Waals surface area contributed by atoms with Gasteiger partial charge in [-0.3, -0.25) is 4.79 Å². The zero-order chi connectivity index (χ0) is 13.6. The molecule has 3 N–H and O–H groups in total. The summed E-state index contributed by atoms with van der Waals surface area (Å²) in [4.78, 5) is 12.0. The minimum Gasteiger partial charge on any atom is -0.382 e. The standard InChI is InChI=1S/C14H22N2O2/c1-14(2,10-18-3)16-13(17)12-6-4-11(5-7-12)8-9-15/h4-7H,8-10,15H2,1-3H3,(H,16,17). The van der Waals surface area contributed by atoms with Crippen molar-refractivity contribution in [2.45, 2.75) is 25.8 Å². The minimum atomic E-state index is -0.373. The highest BCUT2D eigenvalue weighted by Gasteiger charge is 2.20. The summed E-state index contributed by atoms with van der Waals surface area (Å²) in [5, 5.41) is 2.94. The van der Waals surface area contributed by atoms with Crippen LogP contribution < -0.4 is 11.1 Å². The van der Waals surface area contributed by atoms with E-state index in [1.54, 1.807) is 7.11 Å². The van der Waals surface area contributed by atoms with E-state index >= 15 is 0 Å². The van der Waals surface area contributed by atoms with Crippen LogP contribution in [0.2, 0.25) is 0 Å². The van der Waals surface area contributed by atoms with E-state index in [1.807, 2.05) is 38.1 Å². The predicted molar refractivity (Wildman–Crippen MR) is 72.6 cm³/mol. The van der Waals surface area contributed by atoms with Gasteiger partial charge < -0.3 is 15.8 Å². The molecule has 4 heteroatoms. The van der Waals surface area contributed by atoms with Crippen LogP contribution >= 0.6 is 0 Å². The van der Waals surface area contributed by atoms with E-state index in [1.165, 1.54) is 0 Å². The second kappa shape index (κ2) is 6.52. The van der Waals surface area contributed by atoms with Crippen molar-refractivity contribution in [2.75, 3.05) is 20.3 Å². The van der Waals surface area contributed by atoms with Gasteiger partial charge >= 0.3 is 0 Å². The fraction of sp³-hybridized carbons (Fsp3) is 0.500. The number of hydrogen-bond acceptors (Lipinski definition) is 3. The third kappa shape index (κ3) is 4.47. The Morgan fingerprint density at radius 2 is 1.94 bits per heavy atom.